The molecule has 1 aliphatic rings. The molecule has 0 saturated carbocycles. The lowest BCUT2D eigenvalue weighted by Gasteiger charge is -2.34. The van der Waals surface area contributed by atoms with Crippen LogP contribution < -0.4 is 10.6 Å². The van der Waals surface area contributed by atoms with E-state index in [1.807, 2.05) is 11.8 Å². The minimum atomic E-state index is -0.788. The molecule has 1 fully saturated rings. The van der Waals surface area contributed by atoms with Crippen LogP contribution in [0.3, 0.4) is 0 Å². The second-order valence-corrected chi connectivity index (χ2v) is 5.24. The molecule has 0 aromatic carbocycles. The van der Waals surface area contributed by atoms with E-state index in [-0.39, 0.29) is 12.3 Å². The predicted octanol–water partition coefficient (Wildman–Crippen LogP) is 1.18. The topological polar surface area (TPSA) is 96.5 Å². The van der Waals surface area contributed by atoms with Gasteiger partial charge in [0.15, 0.2) is 0 Å². The molecule has 1 atom stereocenters. The molecule has 1 amide bonds. The van der Waals surface area contributed by atoms with Gasteiger partial charge in [-0.15, -0.1) is 0 Å². The maximum atomic E-state index is 11.6. The van der Waals surface area contributed by atoms with E-state index in [2.05, 4.69) is 4.98 Å². The van der Waals surface area contributed by atoms with Crippen molar-refractivity contribution in [1.82, 2.24) is 4.98 Å². The Morgan fingerprint density at radius 3 is 2.95 bits per heavy atom. The average Bonchev–Trinajstić information content (AvgIpc) is 2.37. The largest absolute Gasteiger partial charge is 0.481 e. The maximum Gasteiger partial charge on any atom is 0.303 e. The molecule has 1 aromatic rings. The van der Waals surface area contributed by atoms with Crippen molar-refractivity contribution in [2.24, 2.45) is 11.7 Å². The molecule has 0 spiro atoms. The van der Waals surface area contributed by atoms with E-state index in [9.17, 15) is 9.59 Å². The lowest BCUT2D eigenvalue weighted by molar-refractivity contribution is -0.138. The molecule has 1 aliphatic heterocycles. The summed E-state index contributed by atoms with van der Waals surface area (Å²) in [6.07, 6.45) is 3.58. The third-order valence-corrected chi connectivity index (χ3v) is 3.67. The van der Waals surface area contributed by atoms with Gasteiger partial charge in [0, 0.05) is 25.7 Å². The lowest BCUT2D eigenvalue weighted by Crippen LogP contribution is -2.38. The molecule has 0 bridgehead atoms. The van der Waals surface area contributed by atoms with Crippen molar-refractivity contribution in [3.63, 3.8) is 0 Å². The number of amides is 1. The zero-order valence-corrected chi connectivity index (χ0v) is 11.5. The van der Waals surface area contributed by atoms with Crippen LogP contribution in [0.25, 0.3) is 0 Å². The number of carboxylic acid groups (broad SMARTS) is 1. The molecule has 108 valence electrons. The van der Waals surface area contributed by atoms with Crippen LogP contribution in [0.15, 0.2) is 12.3 Å². The Bertz CT molecular complexity index is 530. The molecule has 0 radical (unpaired) electrons. The van der Waals surface area contributed by atoms with Gasteiger partial charge in [-0.1, -0.05) is 0 Å². The summed E-state index contributed by atoms with van der Waals surface area (Å²) in [4.78, 5) is 28.7. The van der Waals surface area contributed by atoms with Crippen molar-refractivity contribution in [1.29, 1.82) is 0 Å². The third kappa shape index (κ3) is 3.07. The first-order chi connectivity index (χ1) is 9.49. The highest BCUT2D eigenvalue weighted by atomic mass is 16.4. The van der Waals surface area contributed by atoms with Crippen molar-refractivity contribution >= 4 is 17.7 Å². The van der Waals surface area contributed by atoms with E-state index < -0.39 is 11.9 Å². The standard InChI is InChI=1S/C14H19N3O3/c1-9-4-5-16-14(12(9)13(15)20)17-6-2-3-10(8-17)7-11(18)19/h4-5,10H,2-3,6-8H2,1H3,(H2,15,20)(H,18,19). The number of aliphatic carboxylic acids is 1. The number of aromatic nitrogens is 1. The summed E-state index contributed by atoms with van der Waals surface area (Å²) in [6, 6.07) is 1.75. The van der Waals surface area contributed by atoms with E-state index in [0.717, 1.165) is 24.9 Å². The van der Waals surface area contributed by atoms with E-state index >= 15 is 0 Å². The molecule has 1 unspecified atom stereocenters. The number of carbonyl (C=O) groups excluding carboxylic acids is 1. The second-order valence-electron chi connectivity index (χ2n) is 5.24. The average molecular weight is 277 g/mol. The van der Waals surface area contributed by atoms with Gasteiger partial charge >= 0.3 is 5.97 Å². The van der Waals surface area contributed by atoms with E-state index in [1.165, 1.54) is 0 Å². The summed E-state index contributed by atoms with van der Waals surface area (Å²) in [5.41, 5.74) is 6.67. The lowest BCUT2D eigenvalue weighted by atomic mass is 9.94. The predicted molar refractivity (Wildman–Crippen MR) is 74.7 cm³/mol. The number of anilines is 1. The Balaban J connectivity index is 2.25. The van der Waals surface area contributed by atoms with Crippen molar-refractivity contribution < 1.29 is 14.7 Å². The van der Waals surface area contributed by atoms with Gasteiger partial charge in [-0.3, -0.25) is 9.59 Å². The molecule has 0 aliphatic carbocycles. The first-order valence-electron chi connectivity index (χ1n) is 6.71. The van der Waals surface area contributed by atoms with E-state index in [0.29, 0.717) is 17.9 Å². The number of carbonyl (C=O) groups is 2. The highest BCUT2D eigenvalue weighted by molar-refractivity contribution is 5.99. The fourth-order valence-corrected chi connectivity index (χ4v) is 2.76. The van der Waals surface area contributed by atoms with E-state index in [1.54, 1.807) is 12.3 Å². The summed E-state index contributed by atoms with van der Waals surface area (Å²) in [5.74, 6) is -0.619. The van der Waals surface area contributed by atoms with Gasteiger partial charge in [0.25, 0.3) is 5.91 Å². The summed E-state index contributed by atoms with van der Waals surface area (Å²) < 4.78 is 0. The number of primary amides is 1. The number of hydrogen-bond donors (Lipinski definition) is 2. The number of rotatable bonds is 4. The Kier molecular flexibility index (Phi) is 4.22. The minimum absolute atomic E-state index is 0.0873. The molecular formula is C14H19N3O3. The minimum Gasteiger partial charge on any atom is -0.481 e. The fourth-order valence-electron chi connectivity index (χ4n) is 2.76. The number of carboxylic acids is 1. The first-order valence-corrected chi connectivity index (χ1v) is 6.71. The van der Waals surface area contributed by atoms with Gasteiger partial charge in [0.1, 0.15) is 5.82 Å². The number of pyridine rings is 1. The summed E-state index contributed by atoms with van der Waals surface area (Å²) in [7, 11) is 0. The molecule has 1 saturated heterocycles. The normalized spacial score (nSPS) is 18.9. The Labute approximate surface area is 117 Å². The second kappa shape index (κ2) is 5.90. The summed E-state index contributed by atoms with van der Waals surface area (Å²) in [5, 5.41) is 8.90. The van der Waals surface area contributed by atoms with Crippen LogP contribution in [0.4, 0.5) is 5.82 Å². The van der Waals surface area contributed by atoms with Crippen LogP contribution in [0.1, 0.15) is 35.2 Å². The van der Waals surface area contributed by atoms with Gasteiger partial charge < -0.3 is 15.7 Å². The van der Waals surface area contributed by atoms with Crippen molar-refractivity contribution in [2.75, 3.05) is 18.0 Å². The Morgan fingerprint density at radius 2 is 2.30 bits per heavy atom. The number of nitrogens with two attached hydrogens (primary N) is 1. The molecule has 3 N–H and O–H groups in total. The van der Waals surface area contributed by atoms with Gasteiger partial charge in [0.05, 0.1) is 5.56 Å². The zero-order chi connectivity index (χ0) is 14.7. The van der Waals surface area contributed by atoms with Gasteiger partial charge in [-0.2, -0.15) is 0 Å². The van der Waals surface area contributed by atoms with Gasteiger partial charge in [-0.05, 0) is 37.3 Å². The van der Waals surface area contributed by atoms with Crippen LogP contribution in [-0.4, -0.2) is 35.1 Å². The van der Waals surface area contributed by atoms with Crippen LogP contribution in [0.2, 0.25) is 0 Å². The molecule has 20 heavy (non-hydrogen) atoms. The molecule has 6 nitrogen and oxygen atoms in total. The number of aryl methyl sites for hydroxylation is 1. The number of hydrogen-bond acceptors (Lipinski definition) is 4. The van der Waals surface area contributed by atoms with E-state index in [4.69, 9.17) is 10.8 Å². The van der Waals surface area contributed by atoms with Crippen LogP contribution >= 0.6 is 0 Å². The smallest absolute Gasteiger partial charge is 0.303 e. The van der Waals surface area contributed by atoms with Crippen LogP contribution in [0.5, 0.6) is 0 Å². The molecule has 2 heterocycles. The summed E-state index contributed by atoms with van der Waals surface area (Å²) in [6.45, 7) is 3.19. The van der Waals surface area contributed by atoms with Crippen molar-refractivity contribution in [2.45, 2.75) is 26.2 Å². The number of piperidine rings is 1. The first kappa shape index (κ1) is 14.3. The van der Waals surface area contributed by atoms with Crippen LogP contribution in [0, 0.1) is 12.8 Å². The highest BCUT2D eigenvalue weighted by Crippen LogP contribution is 2.27. The van der Waals surface area contributed by atoms with Crippen molar-refractivity contribution in [3.8, 4) is 0 Å². The fraction of sp³-hybridized carbons (Fsp3) is 0.500. The summed E-state index contributed by atoms with van der Waals surface area (Å²) >= 11 is 0. The molecule has 2 rings (SSSR count). The quantitative estimate of drug-likeness (QED) is 0.861. The van der Waals surface area contributed by atoms with Gasteiger partial charge in [-0.25, -0.2) is 4.98 Å². The molecule has 6 heteroatoms. The molecule has 1 aromatic heterocycles. The SMILES string of the molecule is Cc1ccnc(N2CCCC(CC(=O)O)C2)c1C(N)=O. The molecular weight excluding hydrogens is 258 g/mol. The highest BCUT2D eigenvalue weighted by Gasteiger charge is 2.26. The maximum absolute atomic E-state index is 11.6. The Hall–Kier alpha value is -2.11. The van der Waals surface area contributed by atoms with Crippen molar-refractivity contribution in [3.05, 3.63) is 23.4 Å². The monoisotopic (exact) mass is 277 g/mol. The van der Waals surface area contributed by atoms with Gasteiger partial charge in [0.2, 0.25) is 0 Å². The van der Waals surface area contributed by atoms with Crippen LogP contribution in [-0.2, 0) is 4.79 Å². The third-order valence-electron chi connectivity index (χ3n) is 3.67. The zero-order valence-electron chi connectivity index (χ0n) is 11.5. The number of nitrogens with zero attached hydrogens (tertiary/aromatic N) is 2. The Morgan fingerprint density at radius 1 is 1.55 bits per heavy atom.